The van der Waals surface area contributed by atoms with E-state index in [9.17, 15) is 8.78 Å². The van der Waals surface area contributed by atoms with Gasteiger partial charge < -0.3 is 19.7 Å². The Morgan fingerprint density at radius 2 is 1.87 bits per heavy atom. The molecule has 5 heterocycles. The van der Waals surface area contributed by atoms with Crippen molar-refractivity contribution < 1.29 is 23.1 Å². The van der Waals surface area contributed by atoms with Gasteiger partial charge in [0.05, 0.1) is 50.9 Å². The van der Waals surface area contributed by atoms with Crippen LogP contribution in [0.4, 0.5) is 31.8 Å². The predicted octanol–water partition coefficient (Wildman–Crippen LogP) is 5.09. The first-order valence-corrected chi connectivity index (χ1v) is 15.6. The van der Waals surface area contributed by atoms with Gasteiger partial charge in [0.1, 0.15) is 17.9 Å². The minimum atomic E-state index is -0.894. The largest absolute Gasteiger partial charge is 0.494 e. The highest BCUT2D eigenvalue weighted by Gasteiger charge is 2.33. The molecule has 3 saturated heterocycles. The van der Waals surface area contributed by atoms with Gasteiger partial charge in [-0.25, -0.2) is 23.8 Å². The van der Waals surface area contributed by atoms with Crippen molar-refractivity contribution in [2.24, 2.45) is 7.05 Å². The fourth-order valence-corrected chi connectivity index (χ4v) is 6.59. The Labute approximate surface area is 266 Å². The molecule has 0 saturated carbocycles. The molecular formula is C33H38F2N8O3. The molecule has 4 aromatic rings. The summed E-state index contributed by atoms with van der Waals surface area (Å²) < 4.78 is 41.9. The van der Waals surface area contributed by atoms with Crippen molar-refractivity contribution in [3.05, 3.63) is 72.3 Å². The van der Waals surface area contributed by atoms with Gasteiger partial charge in [0.15, 0.2) is 17.5 Å². The summed E-state index contributed by atoms with van der Waals surface area (Å²) in [7, 11) is 5.77. The van der Waals surface area contributed by atoms with E-state index < -0.39 is 17.7 Å². The van der Waals surface area contributed by atoms with Crippen LogP contribution >= 0.6 is 0 Å². The third kappa shape index (κ3) is 5.85. The smallest absolute Gasteiger partial charge is 0.164 e. The third-order valence-corrected chi connectivity index (χ3v) is 9.30. The van der Waals surface area contributed by atoms with Crippen LogP contribution in [0.3, 0.4) is 0 Å². The van der Waals surface area contributed by atoms with E-state index >= 15 is 0 Å². The summed E-state index contributed by atoms with van der Waals surface area (Å²) in [5.41, 5.74) is 4.02. The molecule has 0 amide bonds. The molecule has 2 aromatic heterocycles. The Morgan fingerprint density at radius 3 is 2.59 bits per heavy atom. The molecule has 1 atom stereocenters. The van der Waals surface area contributed by atoms with Crippen LogP contribution in [0.25, 0.3) is 11.1 Å². The van der Waals surface area contributed by atoms with Gasteiger partial charge in [0.25, 0.3) is 0 Å². The van der Waals surface area contributed by atoms with E-state index in [0.29, 0.717) is 48.2 Å². The molecule has 0 spiro atoms. The summed E-state index contributed by atoms with van der Waals surface area (Å²) in [6.07, 6.45) is 7.89. The quantitative estimate of drug-likeness (QED) is 0.269. The molecule has 46 heavy (non-hydrogen) atoms. The van der Waals surface area contributed by atoms with Gasteiger partial charge in [0.2, 0.25) is 0 Å². The molecule has 3 aliphatic rings. The van der Waals surface area contributed by atoms with E-state index in [2.05, 4.69) is 49.4 Å². The number of nitrogens with zero attached hydrogens (tertiary/aromatic N) is 7. The molecule has 0 aliphatic carbocycles. The number of rotatable bonds is 9. The standard InChI is InChI=1S/C33H38F2N8O3/c1-40-17-21(16-38-40)25-13-27(30(44-3)14-29(25)42-10-7-22(8-11-42)41(2)23-18-45-19-23)39-31-15-32(37-20-36-31)43-28(9-12-46-43)24-5-4-6-26(34)33(24)35/h4-6,13-17,20,22-23,28H,7-12,18-19H2,1-3H3,(H,36,37,39)/t28-/m1/s1. The van der Waals surface area contributed by atoms with Crippen LogP contribution in [-0.4, -0.2) is 83.8 Å². The van der Waals surface area contributed by atoms with Gasteiger partial charge in [0, 0.05) is 73.3 Å². The summed E-state index contributed by atoms with van der Waals surface area (Å²) in [4.78, 5) is 19.6. The Morgan fingerprint density at radius 1 is 1.04 bits per heavy atom. The number of aryl methyl sites for hydroxylation is 1. The molecule has 13 heteroatoms. The number of benzene rings is 2. The number of likely N-dealkylation sites (N-methyl/N-ethyl adjacent to an activating group) is 1. The van der Waals surface area contributed by atoms with E-state index in [0.717, 1.165) is 62.0 Å². The first-order chi connectivity index (χ1) is 22.4. The molecule has 0 unspecified atom stereocenters. The van der Waals surface area contributed by atoms with E-state index in [1.807, 2.05) is 19.4 Å². The highest BCUT2D eigenvalue weighted by Crippen LogP contribution is 2.42. The Bertz CT molecular complexity index is 1690. The highest BCUT2D eigenvalue weighted by molar-refractivity contribution is 5.85. The highest BCUT2D eigenvalue weighted by atomic mass is 19.2. The number of aromatic nitrogens is 4. The lowest BCUT2D eigenvalue weighted by Gasteiger charge is -2.44. The lowest BCUT2D eigenvalue weighted by Crippen LogP contribution is -2.54. The number of methoxy groups -OCH3 is 1. The van der Waals surface area contributed by atoms with Gasteiger partial charge >= 0.3 is 0 Å². The summed E-state index contributed by atoms with van der Waals surface area (Å²) >= 11 is 0. The van der Waals surface area contributed by atoms with Crippen LogP contribution in [0.1, 0.15) is 30.9 Å². The second kappa shape index (κ2) is 12.8. The van der Waals surface area contributed by atoms with Crippen LogP contribution in [0.2, 0.25) is 0 Å². The number of halogens is 2. The van der Waals surface area contributed by atoms with Gasteiger partial charge in [-0.3, -0.25) is 14.4 Å². The van der Waals surface area contributed by atoms with Crippen LogP contribution in [0.5, 0.6) is 5.75 Å². The number of ether oxygens (including phenoxy) is 2. The number of piperidine rings is 1. The van der Waals surface area contributed by atoms with Crippen LogP contribution in [0.15, 0.2) is 55.1 Å². The number of hydrogen-bond donors (Lipinski definition) is 1. The molecule has 0 radical (unpaired) electrons. The maximum Gasteiger partial charge on any atom is 0.164 e. The van der Waals surface area contributed by atoms with E-state index in [1.54, 1.807) is 23.9 Å². The summed E-state index contributed by atoms with van der Waals surface area (Å²) in [5.74, 6) is -0.202. The number of anilines is 4. The van der Waals surface area contributed by atoms with Crippen LogP contribution in [0, 0.1) is 11.6 Å². The zero-order valence-corrected chi connectivity index (χ0v) is 26.2. The molecular weight excluding hydrogens is 594 g/mol. The zero-order valence-electron chi connectivity index (χ0n) is 26.2. The molecule has 11 nitrogen and oxygen atoms in total. The second-order valence-electron chi connectivity index (χ2n) is 12.0. The molecule has 3 fully saturated rings. The van der Waals surface area contributed by atoms with Crippen molar-refractivity contribution in [2.75, 3.05) is 62.3 Å². The minimum absolute atomic E-state index is 0.219. The van der Waals surface area contributed by atoms with Crippen molar-refractivity contribution in [1.82, 2.24) is 24.6 Å². The maximum atomic E-state index is 14.7. The Hall–Kier alpha value is -4.33. The van der Waals surface area contributed by atoms with Crippen LogP contribution in [-0.2, 0) is 16.6 Å². The van der Waals surface area contributed by atoms with Gasteiger partial charge in [-0.1, -0.05) is 12.1 Å². The summed E-state index contributed by atoms with van der Waals surface area (Å²) in [6.45, 7) is 3.82. The second-order valence-corrected chi connectivity index (χ2v) is 12.0. The fourth-order valence-electron chi connectivity index (χ4n) is 6.59. The van der Waals surface area contributed by atoms with Crippen molar-refractivity contribution in [2.45, 2.75) is 37.4 Å². The van der Waals surface area contributed by atoms with Crippen molar-refractivity contribution in [1.29, 1.82) is 0 Å². The lowest BCUT2D eigenvalue weighted by atomic mass is 9.98. The van der Waals surface area contributed by atoms with Gasteiger partial charge in [-0.15, -0.1) is 0 Å². The van der Waals surface area contributed by atoms with E-state index in [1.165, 1.54) is 17.5 Å². The zero-order chi connectivity index (χ0) is 31.8. The predicted molar refractivity (Wildman–Crippen MR) is 170 cm³/mol. The van der Waals surface area contributed by atoms with Crippen molar-refractivity contribution in [3.8, 4) is 16.9 Å². The van der Waals surface area contributed by atoms with Crippen LogP contribution < -0.4 is 20.0 Å². The van der Waals surface area contributed by atoms with Gasteiger partial charge in [-0.2, -0.15) is 5.10 Å². The molecule has 7 rings (SSSR count). The topological polar surface area (TPSA) is 93.0 Å². The van der Waals surface area contributed by atoms with Gasteiger partial charge in [-0.05, 0) is 32.0 Å². The van der Waals surface area contributed by atoms with Crippen molar-refractivity contribution in [3.63, 3.8) is 0 Å². The lowest BCUT2D eigenvalue weighted by molar-refractivity contribution is -0.0718. The number of hydroxylamine groups is 1. The fraction of sp³-hybridized carbons (Fsp3) is 0.424. The summed E-state index contributed by atoms with van der Waals surface area (Å²) in [6, 6.07) is 10.5. The van der Waals surface area contributed by atoms with Crippen molar-refractivity contribution >= 4 is 23.0 Å². The molecule has 3 aliphatic heterocycles. The Kier molecular flexibility index (Phi) is 8.45. The van der Waals surface area contributed by atoms with E-state index in [-0.39, 0.29) is 5.56 Å². The van der Waals surface area contributed by atoms with E-state index in [4.69, 9.17) is 14.3 Å². The third-order valence-electron chi connectivity index (χ3n) is 9.30. The summed E-state index contributed by atoms with van der Waals surface area (Å²) in [5, 5.41) is 9.36. The number of hydrogen-bond acceptors (Lipinski definition) is 10. The number of nitrogens with one attached hydrogen (secondary N) is 1. The maximum absolute atomic E-state index is 14.7. The average Bonchev–Trinajstić information content (AvgIpc) is 3.71. The molecule has 1 N–H and O–H groups in total. The molecule has 0 bridgehead atoms. The Balaban J connectivity index is 1.16. The average molecular weight is 633 g/mol. The minimum Gasteiger partial charge on any atom is -0.494 e. The SMILES string of the molecule is COc1cc(N2CCC(N(C)C3COC3)CC2)c(-c2cnn(C)c2)cc1Nc1cc(N2OCC[C@@H]2c2cccc(F)c2F)ncn1. The first kappa shape index (κ1) is 30.3. The monoisotopic (exact) mass is 632 g/mol. The molecule has 2 aromatic carbocycles. The molecule has 242 valence electrons. The first-order valence-electron chi connectivity index (χ1n) is 15.6. The normalized spacial score (nSPS) is 19.1.